The molecule has 0 saturated carbocycles. The summed E-state index contributed by atoms with van der Waals surface area (Å²) in [4.78, 5) is 11.2. The monoisotopic (exact) mass is 308 g/mol. The standard InChI is InChI=1S/C13H26O4.C2H6O2/c1-2-3-4-5-6-7-8-9-13(16)17-11-12(15)10-14;3-1-2-4/h12,14-15H,2-11H2,1H3;3-4H,1-2H2. The van der Waals surface area contributed by atoms with Gasteiger partial charge in [0.2, 0.25) is 0 Å². The number of ether oxygens (including phenoxy) is 1. The first-order valence-electron chi connectivity index (χ1n) is 7.78. The topological polar surface area (TPSA) is 107 Å². The third-order valence-corrected chi connectivity index (χ3v) is 2.73. The van der Waals surface area contributed by atoms with Gasteiger partial charge >= 0.3 is 5.97 Å². The highest BCUT2D eigenvalue weighted by Gasteiger charge is 2.07. The van der Waals surface area contributed by atoms with Crippen molar-refractivity contribution in [3.8, 4) is 0 Å². The van der Waals surface area contributed by atoms with Crippen molar-refractivity contribution in [2.24, 2.45) is 0 Å². The zero-order valence-corrected chi connectivity index (χ0v) is 13.2. The van der Waals surface area contributed by atoms with E-state index in [-0.39, 0.29) is 32.4 Å². The van der Waals surface area contributed by atoms with Crippen molar-refractivity contribution in [3.63, 3.8) is 0 Å². The number of carbonyl (C=O) groups is 1. The highest BCUT2D eigenvalue weighted by atomic mass is 16.5. The minimum atomic E-state index is -0.951. The number of esters is 1. The third-order valence-electron chi connectivity index (χ3n) is 2.73. The van der Waals surface area contributed by atoms with Gasteiger partial charge in [-0.1, -0.05) is 45.4 Å². The lowest BCUT2D eigenvalue weighted by Crippen LogP contribution is -2.21. The molecular formula is C15H32O6. The Bertz CT molecular complexity index is 208. The normalized spacial score (nSPS) is 11.5. The SMILES string of the molecule is CCCCCCCCCC(=O)OCC(O)CO.OCCO. The van der Waals surface area contributed by atoms with E-state index in [2.05, 4.69) is 6.92 Å². The van der Waals surface area contributed by atoms with Gasteiger partial charge in [-0.15, -0.1) is 0 Å². The molecule has 0 rings (SSSR count). The Labute approximate surface area is 127 Å². The van der Waals surface area contributed by atoms with Crippen LogP contribution in [0.2, 0.25) is 0 Å². The van der Waals surface area contributed by atoms with Gasteiger partial charge in [-0.25, -0.2) is 0 Å². The summed E-state index contributed by atoms with van der Waals surface area (Å²) in [5, 5.41) is 32.7. The number of rotatable bonds is 12. The third kappa shape index (κ3) is 21.8. The zero-order chi connectivity index (χ0) is 16.3. The van der Waals surface area contributed by atoms with E-state index in [0.29, 0.717) is 6.42 Å². The van der Waals surface area contributed by atoms with Crippen LogP contribution >= 0.6 is 0 Å². The Balaban J connectivity index is 0. The smallest absolute Gasteiger partial charge is 0.305 e. The van der Waals surface area contributed by atoms with Crippen molar-refractivity contribution in [3.05, 3.63) is 0 Å². The maximum Gasteiger partial charge on any atom is 0.305 e. The maximum absolute atomic E-state index is 11.2. The lowest BCUT2D eigenvalue weighted by molar-refractivity contribution is -0.147. The van der Waals surface area contributed by atoms with Gasteiger partial charge in [-0.3, -0.25) is 4.79 Å². The fraction of sp³-hybridized carbons (Fsp3) is 0.933. The minimum absolute atomic E-state index is 0.105. The zero-order valence-electron chi connectivity index (χ0n) is 13.2. The number of aliphatic hydroxyl groups excluding tert-OH is 4. The second-order valence-corrected chi connectivity index (χ2v) is 4.84. The molecule has 0 radical (unpaired) electrons. The molecule has 0 amide bonds. The van der Waals surface area contributed by atoms with Crippen molar-refractivity contribution < 1.29 is 30.0 Å². The van der Waals surface area contributed by atoms with E-state index < -0.39 is 6.10 Å². The van der Waals surface area contributed by atoms with Crippen molar-refractivity contribution in [2.75, 3.05) is 26.4 Å². The van der Waals surface area contributed by atoms with Crippen LogP contribution in [0.25, 0.3) is 0 Å². The first-order chi connectivity index (χ1) is 10.1. The van der Waals surface area contributed by atoms with Crippen LogP contribution in [0.4, 0.5) is 0 Å². The van der Waals surface area contributed by atoms with Crippen LogP contribution in [0.3, 0.4) is 0 Å². The molecule has 0 aromatic heterocycles. The summed E-state index contributed by atoms with van der Waals surface area (Å²) in [5.74, 6) is -0.286. The molecule has 1 unspecified atom stereocenters. The molecule has 0 aliphatic rings. The molecular weight excluding hydrogens is 276 g/mol. The average Bonchev–Trinajstić information content (AvgIpc) is 2.51. The number of unbranched alkanes of at least 4 members (excludes halogenated alkanes) is 6. The Kier molecular flexibility index (Phi) is 20.8. The van der Waals surface area contributed by atoms with Gasteiger partial charge in [-0.2, -0.15) is 0 Å². The average molecular weight is 308 g/mol. The summed E-state index contributed by atoms with van der Waals surface area (Å²) in [7, 11) is 0. The molecule has 4 N–H and O–H groups in total. The summed E-state index contributed by atoms with van der Waals surface area (Å²) < 4.78 is 4.79. The molecule has 0 saturated heterocycles. The Hall–Kier alpha value is -0.690. The molecule has 0 spiro atoms. The van der Waals surface area contributed by atoms with Crippen molar-refractivity contribution >= 4 is 5.97 Å². The molecule has 1 atom stereocenters. The van der Waals surface area contributed by atoms with Gasteiger partial charge in [0.15, 0.2) is 0 Å². The molecule has 0 aromatic carbocycles. The predicted molar refractivity (Wildman–Crippen MR) is 80.8 cm³/mol. The van der Waals surface area contributed by atoms with Gasteiger partial charge in [-0.05, 0) is 6.42 Å². The molecule has 0 fully saturated rings. The molecule has 128 valence electrons. The second-order valence-electron chi connectivity index (χ2n) is 4.84. The summed E-state index contributed by atoms with van der Waals surface area (Å²) in [5.41, 5.74) is 0. The molecule has 6 heteroatoms. The lowest BCUT2D eigenvalue weighted by Gasteiger charge is -2.08. The Morgan fingerprint density at radius 2 is 1.48 bits per heavy atom. The van der Waals surface area contributed by atoms with E-state index in [1.54, 1.807) is 0 Å². The van der Waals surface area contributed by atoms with Crippen LogP contribution < -0.4 is 0 Å². The van der Waals surface area contributed by atoms with Crippen LogP contribution in [-0.2, 0) is 9.53 Å². The van der Waals surface area contributed by atoms with Gasteiger partial charge in [0.25, 0.3) is 0 Å². The maximum atomic E-state index is 11.2. The number of carbonyl (C=O) groups excluding carboxylic acids is 1. The van der Waals surface area contributed by atoms with Crippen LogP contribution in [0.1, 0.15) is 58.3 Å². The summed E-state index contributed by atoms with van der Waals surface area (Å²) >= 11 is 0. The second kappa shape index (κ2) is 19.3. The van der Waals surface area contributed by atoms with Crippen LogP contribution in [0.5, 0.6) is 0 Å². The van der Waals surface area contributed by atoms with Gasteiger partial charge < -0.3 is 25.2 Å². The highest BCUT2D eigenvalue weighted by molar-refractivity contribution is 5.69. The largest absolute Gasteiger partial charge is 0.463 e. The van der Waals surface area contributed by atoms with E-state index in [1.165, 1.54) is 32.1 Å². The summed E-state index contributed by atoms with van der Waals surface area (Å²) in [6, 6.07) is 0. The summed E-state index contributed by atoms with van der Waals surface area (Å²) in [6.07, 6.45) is 7.60. The fourth-order valence-electron chi connectivity index (χ4n) is 1.54. The van der Waals surface area contributed by atoms with Crippen molar-refractivity contribution in [2.45, 2.75) is 64.4 Å². The number of hydrogen-bond acceptors (Lipinski definition) is 6. The first kappa shape index (κ1) is 22.6. The first-order valence-corrected chi connectivity index (χ1v) is 7.78. The molecule has 0 aromatic rings. The van der Waals surface area contributed by atoms with Crippen molar-refractivity contribution in [1.29, 1.82) is 0 Å². The van der Waals surface area contributed by atoms with Gasteiger partial charge in [0, 0.05) is 6.42 Å². The number of hydrogen-bond donors (Lipinski definition) is 4. The van der Waals surface area contributed by atoms with Crippen molar-refractivity contribution in [1.82, 2.24) is 0 Å². The Morgan fingerprint density at radius 3 is 1.95 bits per heavy atom. The van der Waals surface area contributed by atoms with Gasteiger partial charge in [0.1, 0.15) is 12.7 Å². The van der Waals surface area contributed by atoms with E-state index in [9.17, 15) is 4.79 Å². The van der Waals surface area contributed by atoms with E-state index in [0.717, 1.165) is 12.8 Å². The molecule has 0 aliphatic carbocycles. The van der Waals surface area contributed by atoms with Crippen LogP contribution in [-0.4, -0.2) is 58.9 Å². The van der Waals surface area contributed by atoms with E-state index in [1.807, 2.05) is 0 Å². The highest BCUT2D eigenvalue weighted by Crippen LogP contribution is 2.08. The fourth-order valence-corrected chi connectivity index (χ4v) is 1.54. The quantitative estimate of drug-likeness (QED) is 0.316. The lowest BCUT2D eigenvalue weighted by atomic mass is 10.1. The number of aliphatic hydroxyl groups is 4. The van der Waals surface area contributed by atoms with Gasteiger partial charge in [0.05, 0.1) is 19.8 Å². The molecule has 6 nitrogen and oxygen atoms in total. The summed E-state index contributed by atoms with van der Waals surface area (Å²) in [6.45, 7) is 1.47. The van der Waals surface area contributed by atoms with E-state index >= 15 is 0 Å². The van der Waals surface area contributed by atoms with Crippen LogP contribution in [0.15, 0.2) is 0 Å². The van der Waals surface area contributed by atoms with Crippen LogP contribution in [0, 0.1) is 0 Å². The predicted octanol–water partition coefficient (Wildman–Crippen LogP) is 0.994. The Morgan fingerprint density at radius 1 is 0.952 bits per heavy atom. The molecule has 0 aliphatic heterocycles. The molecule has 21 heavy (non-hydrogen) atoms. The molecule has 0 heterocycles. The molecule has 0 bridgehead atoms. The minimum Gasteiger partial charge on any atom is -0.463 e. The van der Waals surface area contributed by atoms with E-state index in [4.69, 9.17) is 25.2 Å².